The zero-order valence-electron chi connectivity index (χ0n) is 26.7. The van der Waals surface area contributed by atoms with E-state index in [1.54, 1.807) is 6.20 Å². The van der Waals surface area contributed by atoms with E-state index in [1.807, 2.05) is 17.7 Å². The molecule has 2 heterocycles. The van der Waals surface area contributed by atoms with Crippen LogP contribution in [0.15, 0.2) is 54.2 Å². The molecule has 0 bridgehead atoms. The van der Waals surface area contributed by atoms with Crippen LogP contribution in [0.3, 0.4) is 0 Å². The molecule has 42 heavy (non-hydrogen) atoms. The van der Waals surface area contributed by atoms with Crippen LogP contribution in [0, 0.1) is 24.7 Å². The zero-order valence-corrected chi connectivity index (χ0v) is 26.7. The number of carbonyl (C=O) groups is 1. The first-order valence-electron chi connectivity index (χ1n) is 15.3. The lowest BCUT2D eigenvalue weighted by Gasteiger charge is -2.44. The van der Waals surface area contributed by atoms with E-state index in [-0.39, 0.29) is 16.8 Å². The SMILES string of the molecule is COC(=O)c1cnn(-c2cccc(C3=C(COc4ccc(C5CCN(C)CC5)cc4C)C(C)(C)CC(C)(C)C3)c2)c1C. The van der Waals surface area contributed by atoms with Crippen LogP contribution in [-0.4, -0.2) is 54.5 Å². The molecule has 0 saturated carbocycles. The van der Waals surface area contributed by atoms with Gasteiger partial charge in [-0.1, -0.05) is 52.0 Å². The highest BCUT2D eigenvalue weighted by Gasteiger charge is 2.39. The molecule has 0 radical (unpaired) electrons. The van der Waals surface area contributed by atoms with Gasteiger partial charge in [0.25, 0.3) is 0 Å². The topological polar surface area (TPSA) is 56.6 Å². The van der Waals surface area contributed by atoms with Crippen LogP contribution >= 0.6 is 0 Å². The molecule has 1 aromatic heterocycles. The fraction of sp³-hybridized carbons (Fsp3) is 0.500. The number of hydrogen-bond acceptors (Lipinski definition) is 5. The highest BCUT2D eigenvalue weighted by Crippen LogP contribution is 2.52. The van der Waals surface area contributed by atoms with Crippen molar-refractivity contribution in [2.45, 2.75) is 73.1 Å². The summed E-state index contributed by atoms with van der Waals surface area (Å²) in [5.74, 6) is 1.23. The van der Waals surface area contributed by atoms with E-state index in [4.69, 9.17) is 9.47 Å². The van der Waals surface area contributed by atoms with Gasteiger partial charge in [-0.25, -0.2) is 9.48 Å². The maximum Gasteiger partial charge on any atom is 0.341 e. The van der Waals surface area contributed by atoms with E-state index in [0.717, 1.165) is 43.1 Å². The summed E-state index contributed by atoms with van der Waals surface area (Å²) in [6, 6.07) is 15.3. The number of benzene rings is 2. The average Bonchev–Trinajstić information content (AvgIpc) is 3.33. The summed E-state index contributed by atoms with van der Waals surface area (Å²) in [7, 11) is 3.61. The zero-order chi connectivity index (χ0) is 30.2. The quantitative estimate of drug-likeness (QED) is 0.272. The molecule has 224 valence electrons. The number of allylic oxidation sites excluding steroid dienone is 1. The van der Waals surface area contributed by atoms with Crippen LogP contribution in [0.1, 0.15) is 92.0 Å². The van der Waals surface area contributed by atoms with Gasteiger partial charge in [0.1, 0.15) is 17.9 Å². The van der Waals surface area contributed by atoms with Crippen LogP contribution in [0.5, 0.6) is 5.75 Å². The monoisotopic (exact) mass is 569 g/mol. The largest absolute Gasteiger partial charge is 0.489 e. The van der Waals surface area contributed by atoms with E-state index in [2.05, 4.69) is 88.1 Å². The number of rotatable bonds is 7. The lowest BCUT2D eigenvalue weighted by atomic mass is 9.61. The molecule has 0 spiro atoms. The van der Waals surface area contributed by atoms with Crippen molar-refractivity contribution in [3.8, 4) is 11.4 Å². The molecular weight excluding hydrogens is 522 g/mol. The number of aryl methyl sites for hydroxylation is 1. The lowest BCUT2D eigenvalue weighted by Crippen LogP contribution is -2.33. The predicted molar refractivity (Wildman–Crippen MR) is 170 cm³/mol. The highest BCUT2D eigenvalue weighted by atomic mass is 16.5. The van der Waals surface area contributed by atoms with Crippen molar-refractivity contribution in [3.63, 3.8) is 0 Å². The molecule has 3 aromatic rings. The first-order chi connectivity index (χ1) is 19.9. The molecule has 1 fully saturated rings. The maximum absolute atomic E-state index is 12.2. The molecular formula is C36H47N3O3. The third kappa shape index (κ3) is 6.19. The second-order valence-electron chi connectivity index (χ2n) is 13.8. The summed E-state index contributed by atoms with van der Waals surface area (Å²) in [5.41, 5.74) is 8.83. The smallest absolute Gasteiger partial charge is 0.341 e. The number of hydrogen-bond donors (Lipinski definition) is 0. The third-order valence-corrected chi connectivity index (χ3v) is 9.37. The summed E-state index contributed by atoms with van der Waals surface area (Å²) in [5, 5.41) is 4.52. The van der Waals surface area contributed by atoms with E-state index < -0.39 is 0 Å². The standard InChI is InChI=1S/C36H47N3O3/c1-24-18-27(26-14-16-38(7)17-15-26)12-13-33(24)42-22-32-30(20-35(3,4)23-36(32,5)6)28-10-9-11-29(19-28)39-25(2)31(21-37-39)34(40)41-8/h9-13,18-19,21,26H,14-17,20,22-23H2,1-8H3. The Morgan fingerprint density at radius 1 is 1.05 bits per heavy atom. The van der Waals surface area contributed by atoms with Crippen molar-refractivity contribution in [2.75, 3.05) is 33.9 Å². The average molecular weight is 570 g/mol. The Labute approximate surface area is 251 Å². The van der Waals surface area contributed by atoms with Gasteiger partial charge in [0, 0.05) is 0 Å². The van der Waals surface area contributed by atoms with Gasteiger partial charge in [0.15, 0.2) is 0 Å². The Hall–Kier alpha value is -3.38. The molecule has 1 aliphatic carbocycles. The van der Waals surface area contributed by atoms with Gasteiger partial charge in [0.05, 0.1) is 24.7 Å². The number of aromatic nitrogens is 2. The van der Waals surface area contributed by atoms with Crippen LogP contribution in [0.25, 0.3) is 11.3 Å². The van der Waals surface area contributed by atoms with Crippen molar-refractivity contribution in [3.05, 3.63) is 82.2 Å². The summed E-state index contributed by atoms with van der Waals surface area (Å²) in [6.45, 7) is 16.4. The first-order valence-corrected chi connectivity index (χ1v) is 15.3. The second kappa shape index (κ2) is 11.7. The lowest BCUT2D eigenvalue weighted by molar-refractivity contribution is 0.0600. The number of piperidine rings is 1. The Balaban J connectivity index is 1.46. The Morgan fingerprint density at radius 2 is 1.79 bits per heavy atom. The number of nitrogens with zero attached hydrogens (tertiary/aromatic N) is 3. The predicted octanol–water partition coefficient (Wildman–Crippen LogP) is 7.76. The van der Waals surface area contributed by atoms with Crippen molar-refractivity contribution in [1.82, 2.24) is 14.7 Å². The van der Waals surface area contributed by atoms with Gasteiger partial charge in [-0.15, -0.1) is 0 Å². The maximum atomic E-state index is 12.2. The summed E-state index contributed by atoms with van der Waals surface area (Å²) >= 11 is 0. The molecule has 6 heteroatoms. The Morgan fingerprint density at radius 3 is 2.48 bits per heavy atom. The van der Waals surface area contributed by atoms with E-state index in [1.165, 1.54) is 47.8 Å². The molecule has 0 amide bonds. The van der Waals surface area contributed by atoms with Crippen molar-refractivity contribution >= 4 is 11.5 Å². The van der Waals surface area contributed by atoms with Crippen LogP contribution in [0.4, 0.5) is 0 Å². The number of methoxy groups -OCH3 is 1. The van der Waals surface area contributed by atoms with Gasteiger partial charge in [-0.05, 0) is 122 Å². The van der Waals surface area contributed by atoms with Crippen molar-refractivity contribution < 1.29 is 14.3 Å². The summed E-state index contributed by atoms with van der Waals surface area (Å²) in [6.07, 6.45) is 6.09. The van der Waals surface area contributed by atoms with Crippen molar-refractivity contribution in [1.29, 1.82) is 0 Å². The molecule has 2 aliphatic rings. The number of ether oxygens (including phenoxy) is 2. The third-order valence-electron chi connectivity index (χ3n) is 9.37. The van der Waals surface area contributed by atoms with Gasteiger partial charge < -0.3 is 14.4 Å². The van der Waals surface area contributed by atoms with Gasteiger partial charge >= 0.3 is 5.97 Å². The minimum Gasteiger partial charge on any atom is -0.489 e. The Kier molecular flexibility index (Phi) is 8.39. The van der Waals surface area contributed by atoms with Crippen LogP contribution in [0.2, 0.25) is 0 Å². The summed E-state index contributed by atoms with van der Waals surface area (Å²) in [4.78, 5) is 14.6. The van der Waals surface area contributed by atoms with Gasteiger partial charge in [-0.3, -0.25) is 0 Å². The molecule has 0 atom stereocenters. The van der Waals surface area contributed by atoms with Crippen LogP contribution in [-0.2, 0) is 4.74 Å². The van der Waals surface area contributed by atoms with Crippen LogP contribution < -0.4 is 4.74 Å². The Bertz CT molecular complexity index is 1490. The van der Waals surface area contributed by atoms with Gasteiger partial charge in [0.2, 0.25) is 0 Å². The molecule has 1 aliphatic heterocycles. The molecule has 0 N–H and O–H groups in total. The fourth-order valence-corrected chi connectivity index (χ4v) is 7.30. The number of likely N-dealkylation sites (tertiary alicyclic amines) is 1. The van der Waals surface area contributed by atoms with E-state index in [9.17, 15) is 4.79 Å². The molecule has 5 rings (SSSR count). The normalized spacial score (nSPS) is 19.1. The number of carbonyl (C=O) groups excluding carboxylic acids is 1. The van der Waals surface area contributed by atoms with Gasteiger partial charge in [-0.2, -0.15) is 5.10 Å². The second-order valence-corrected chi connectivity index (χ2v) is 13.8. The van der Waals surface area contributed by atoms with E-state index in [0.29, 0.717) is 18.1 Å². The van der Waals surface area contributed by atoms with Crippen molar-refractivity contribution in [2.24, 2.45) is 10.8 Å². The minimum atomic E-state index is -0.373. The summed E-state index contributed by atoms with van der Waals surface area (Å²) < 4.78 is 13.4. The van der Waals surface area contributed by atoms with E-state index >= 15 is 0 Å². The molecule has 0 unspecified atom stereocenters. The molecule has 1 saturated heterocycles. The minimum absolute atomic E-state index is 0.0191. The first kappa shape index (κ1) is 30.1. The number of esters is 1. The molecule has 2 aromatic carbocycles. The highest BCUT2D eigenvalue weighted by molar-refractivity contribution is 5.90. The molecule has 6 nitrogen and oxygen atoms in total. The fourth-order valence-electron chi connectivity index (χ4n) is 7.30.